The monoisotopic (exact) mass is 358 g/mol. The highest BCUT2D eigenvalue weighted by Crippen LogP contribution is 2.29. The lowest BCUT2D eigenvalue weighted by Crippen LogP contribution is -2.58. The SMILES string of the molecule is CC(=O)NCc1cccc2c1CC(=O)N(C1CCC(=O)NC1O)C(C)=N2. The maximum absolute atomic E-state index is 12.9. The number of carbonyl (C=O) groups is 3. The van der Waals surface area contributed by atoms with E-state index in [0.29, 0.717) is 24.5 Å². The van der Waals surface area contributed by atoms with E-state index in [1.54, 1.807) is 6.92 Å². The molecule has 8 nitrogen and oxygen atoms in total. The fourth-order valence-corrected chi connectivity index (χ4v) is 3.43. The van der Waals surface area contributed by atoms with Crippen molar-refractivity contribution in [1.29, 1.82) is 0 Å². The Kier molecular flexibility index (Phi) is 5.03. The van der Waals surface area contributed by atoms with Crippen molar-refractivity contribution in [3.63, 3.8) is 0 Å². The number of nitrogens with one attached hydrogen (secondary N) is 2. The van der Waals surface area contributed by atoms with E-state index in [-0.39, 0.29) is 30.6 Å². The first-order valence-corrected chi connectivity index (χ1v) is 8.57. The fraction of sp³-hybridized carbons (Fsp3) is 0.444. The average molecular weight is 358 g/mol. The average Bonchev–Trinajstić information content (AvgIpc) is 2.69. The third-order valence-electron chi connectivity index (χ3n) is 4.68. The van der Waals surface area contributed by atoms with Gasteiger partial charge in [-0.15, -0.1) is 0 Å². The largest absolute Gasteiger partial charge is 0.372 e. The van der Waals surface area contributed by atoms with Crippen LogP contribution in [0.25, 0.3) is 0 Å². The number of carbonyl (C=O) groups excluding carboxylic acids is 3. The maximum atomic E-state index is 12.9. The van der Waals surface area contributed by atoms with Crippen LogP contribution in [0.15, 0.2) is 23.2 Å². The first kappa shape index (κ1) is 18.1. The highest BCUT2D eigenvalue weighted by atomic mass is 16.3. The van der Waals surface area contributed by atoms with Crippen LogP contribution in [0.5, 0.6) is 0 Å². The van der Waals surface area contributed by atoms with E-state index in [2.05, 4.69) is 15.6 Å². The summed E-state index contributed by atoms with van der Waals surface area (Å²) in [5.74, 6) is -0.0949. The maximum Gasteiger partial charge on any atom is 0.232 e. The Morgan fingerprint density at radius 1 is 1.42 bits per heavy atom. The molecule has 0 bridgehead atoms. The second-order valence-electron chi connectivity index (χ2n) is 6.54. The topological polar surface area (TPSA) is 111 Å². The van der Waals surface area contributed by atoms with Gasteiger partial charge in [0.2, 0.25) is 17.7 Å². The summed E-state index contributed by atoms with van der Waals surface area (Å²) < 4.78 is 0. The third kappa shape index (κ3) is 3.60. The molecular formula is C18H22N4O4. The number of nitrogens with zero attached hydrogens (tertiary/aromatic N) is 2. The zero-order valence-electron chi connectivity index (χ0n) is 14.8. The lowest BCUT2D eigenvalue weighted by atomic mass is 10.00. The molecule has 1 aromatic rings. The molecule has 2 aliphatic rings. The van der Waals surface area contributed by atoms with E-state index in [1.165, 1.54) is 11.8 Å². The predicted molar refractivity (Wildman–Crippen MR) is 94.5 cm³/mol. The molecule has 2 atom stereocenters. The number of benzene rings is 1. The van der Waals surface area contributed by atoms with Gasteiger partial charge < -0.3 is 15.7 Å². The number of fused-ring (bicyclic) bond motifs is 1. The number of piperidine rings is 1. The Balaban J connectivity index is 1.91. The molecule has 0 spiro atoms. The molecule has 3 amide bonds. The van der Waals surface area contributed by atoms with Crippen LogP contribution in [0.4, 0.5) is 5.69 Å². The van der Waals surface area contributed by atoms with E-state index in [0.717, 1.165) is 11.1 Å². The normalized spacial score (nSPS) is 22.9. The van der Waals surface area contributed by atoms with Gasteiger partial charge in [-0.1, -0.05) is 12.1 Å². The molecule has 0 radical (unpaired) electrons. The summed E-state index contributed by atoms with van der Waals surface area (Å²) in [7, 11) is 0. The summed E-state index contributed by atoms with van der Waals surface area (Å²) >= 11 is 0. The number of aliphatic hydroxyl groups excluding tert-OH is 1. The minimum atomic E-state index is -1.12. The van der Waals surface area contributed by atoms with E-state index >= 15 is 0 Å². The second kappa shape index (κ2) is 7.25. The Hall–Kier alpha value is -2.74. The molecule has 1 fully saturated rings. The van der Waals surface area contributed by atoms with Gasteiger partial charge in [0.05, 0.1) is 18.2 Å². The van der Waals surface area contributed by atoms with Crippen LogP contribution in [0.3, 0.4) is 0 Å². The molecule has 2 heterocycles. The van der Waals surface area contributed by atoms with Gasteiger partial charge in [0.25, 0.3) is 0 Å². The van der Waals surface area contributed by atoms with Crippen molar-refractivity contribution in [2.75, 3.05) is 0 Å². The molecule has 0 aliphatic carbocycles. The molecule has 1 aromatic carbocycles. The summed E-state index contributed by atoms with van der Waals surface area (Å²) in [6.07, 6.45) is -0.381. The lowest BCUT2D eigenvalue weighted by Gasteiger charge is -2.36. The van der Waals surface area contributed by atoms with Crippen molar-refractivity contribution >= 4 is 29.2 Å². The summed E-state index contributed by atoms with van der Waals surface area (Å²) in [5.41, 5.74) is 2.28. The number of amidine groups is 1. The van der Waals surface area contributed by atoms with Gasteiger partial charge in [0.15, 0.2) is 0 Å². The van der Waals surface area contributed by atoms with Crippen molar-refractivity contribution in [2.24, 2.45) is 4.99 Å². The van der Waals surface area contributed by atoms with Crippen LogP contribution < -0.4 is 10.6 Å². The standard InChI is InChI=1S/C18H22N4O4/c1-10-20-14-5-3-4-12(9-19-11(2)23)13(14)8-17(25)22(10)15-6-7-16(24)21-18(15)26/h3-5,15,18,26H,6-9H2,1-2H3,(H,19,23)(H,21,24). The van der Waals surface area contributed by atoms with Gasteiger partial charge in [0, 0.05) is 19.9 Å². The second-order valence-corrected chi connectivity index (χ2v) is 6.54. The molecule has 0 saturated carbocycles. The molecular weight excluding hydrogens is 336 g/mol. The van der Waals surface area contributed by atoms with E-state index in [9.17, 15) is 19.5 Å². The molecule has 3 N–H and O–H groups in total. The Morgan fingerprint density at radius 2 is 2.19 bits per heavy atom. The van der Waals surface area contributed by atoms with Crippen LogP contribution in [0.2, 0.25) is 0 Å². The molecule has 1 saturated heterocycles. The van der Waals surface area contributed by atoms with E-state index < -0.39 is 12.3 Å². The van der Waals surface area contributed by atoms with Gasteiger partial charge >= 0.3 is 0 Å². The van der Waals surface area contributed by atoms with Gasteiger partial charge in [-0.3, -0.25) is 19.3 Å². The number of amides is 3. The van der Waals surface area contributed by atoms with Crippen molar-refractivity contribution in [3.8, 4) is 0 Å². The molecule has 138 valence electrons. The van der Waals surface area contributed by atoms with Gasteiger partial charge in [-0.25, -0.2) is 4.99 Å². The summed E-state index contributed by atoms with van der Waals surface area (Å²) in [6, 6.07) is 4.98. The van der Waals surface area contributed by atoms with Crippen molar-refractivity contribution in [2.45, 2.75) is 51.9 Å². The summed E-state index contributed by atoms with van der Waals surface area (Å²) in [6.45, 7) is 3.48. The zero-order chi connectivity index (χ0) is 18.8. The number of hydrogen-bond donors (Lipinski definition) is 3. The van der Waals surface area contributed by atoms with Crippen molar-refractivity contribution in [3.05, 3.63) is 29.3 Å². The van der Waals surface area contributed by atoms with E-state index in [1.807, 2.05) is 18.2 Å². The number of aliphatic imine (C=N–C) groups is 1. The quantitative estimate of drug-likeness (QED) is 0.724. The van der Waals surface area contributed by atoms with Crippen LogP contribution in [0, 0.1) is 0 Å². The zero-order valence-corrected chi connectivity index (χ0v) is 14.8. The first-order chi connectivity index (χ1) is 12.4. The van der Waals surface area contributed by atoms with Crippen molar-refractivity contribution in [1.82, 2.24) is 15.5 Å². The van der Waals surface area contributed by atoms with Gasteiger partial charge in [-0.2, -0.15) is 0 Å². The van der Waals surface area contributed by atoms with Gasteiger partial charge in [-0.05, 0) is 30.5 Å². The van der Waals surface area contributed by atoms with Crippen LogP contribution >= 0.6 is 0 Å². The van der Waals surface area contributed by atoms with Gasteiger partial charge in [0.1, 0.15) is 12.1 Å². The van der Waals surface area contributed by atoms with Crippen LogP contribution in [-0.2, 0) is 27.3 Å². The molecule has 2 aliphatic heterocycles. The molecule has 3 rings (SSSR count). The highest BCUT2D eigenvalue weighted by Gasteiger charge is 2.37. The minimum absolute atomic E-state index is 0.114. The Morgan fingerprint density at radius 3 is 2.88 bits per heavy atom. The molecule has 26 heavy (non-hydrogen) atoms. The molecule has 8 heteroatoms. The Bertz CT molecular complexity index is 789. The first-order valence-electron chi connectivity index (χ1n) is 8.57. The number of rotatable bonds is 3. The Labute approximate surface area is 151 Å². The number of hydrogen-bond acceptors (Lipinski definition) is 5. The summed E-state index contributed by atoms with van der Waals surface area (Å²) in [5, 5.41) is 15.4. The molecule has 2 unspecified atom stereocenters. The summed E-state index contributed by atoms with van der Waals surface area (Å²) in [4.78, 5) is 41.6. The minimum Gasteiger partial charge on any atom is -0.372 e. The third-order valence-corrected chi connectivity index (χ3v) is 4.68. The predicted octanol–water partition coefficient (Wildman–Crippen LogP) is 0.354. The highest BCUT2D eigenvalue weighted by molar-refractivity contribution is 6.01. The number of aliphatic hydroxyl groups is 1. The van der Waals surface area contributed by atoms with Crippen molar-refractivity contribution < 1.29 is 19.5 Å². The van der Waals surface area contributed by atoms with Crippen LogP contribution in [-0.4, -0.2) is 45.8 Å². The van der Waals surface area contributed by atoms with Crippen LogP contribution in [0.1, 0.15) is 37.8 Å². The van der Waals surface area contributed by atoms with E-state index in [4.69, 9.17) is 0 Å². The molecule has 0 aromatic heterocycles. The smallest absolute Gasteiger partial charge is 0.232 e. The fourth-order valence-electron chi connectivity index (χ4n) is 3.43. The lowest BCUT2D eigenvalue weighted by molar-refractivity contribution is -0.137.